The van der Waals surface area contributed by atoms with Gasteiger partial charge in [0.1, 0.15) is 51.9 Å². The van der Waals surface area contributed by atoms with Crippen molar-refractivity contribution >= 4 is 17.6 Å². The Bertz CT molecular complexity index is 1900. The van der Waals surface area contributed by atoms with Gasteiger partial charge in [0.2, 0.25) is 0 Å². The molecule has 0 fully saturated rings. The number of anilines is 1. The predicted molar refractivity (Wildman–Crippen MR) is 181 cm³/mol. The maximum atomic E-state index is 15.7. The van der Waals surface area contributed by atoms with Crippen molar-refractivity contribution in [1.82, 2.24) is 9.88 Å². The van der Waals surface area contributed by atoms with E-state index in [0.717, 1.165) is 11.1 Å². The molecule has 3 aromatic carbocycles. The fraction of sp³-hybridized carbons (Fsp3) is 0.243. The number of rotatable bonds is 11. The van der Waals surface area contributed by atoms with Crippen molar-refractivity contribution in [2.24, 2.45) is 4.99 Å². The third kappa shape index (κ3) is 7.73. The van der Waals surface area contributed by atoms with E-state index in [9.17, 15) is 4.79 Å². The molecule has 1 aliphatic heterocycles. The first-order chi connectivity index (χ1) is 23.6. The average molecular weight is 666 g/mol. The Morgan fingerprint density at radius 2 is 1.55 bits per heavy atom. The van der Waals surface area contributed by atoms with E-state index in [0.29, 0.717) is 53.1 Å². The van der Waals surface area contributed by atoms with Crippen LogP contribution in [0.25, 0.3) is 0 Å². The third-order valence-electron chi connectivity index (χ3n) is 7.94. The number of amidine groups is 1. The van der Waals surface area contributed by atoms with Crippen LogP contribution in [0.3, 0.4) is 0 Å². The van der Waals surface area contributed by atoms with Crippen LogP contribution in [0.2, 0.25) is 0 Å². The van der Waals surface area contributed by atoms with Crippen molar-refractivity contribution < 1.29 is 32.9 Å². The van der Waals surface area contributed by atoms with Crippen LogP contribution in [-0.4, -0.2) is 50.3 Å². The summed E-state index contributed by atoms with van der Waals surface area (Å²) >= 11 is 0. The number of ether oxygens (including phenoxy) is 5. The van der Waals surface area contributed by atoms with E-state index in [4.69, 9.17) is 33.9 Å². The molecule has 4 aromatic rings. The van der Waals surface area contributed by atoms with E-state index in [-0.39, 0.29) is 17.3 Å². The SMILES string of the molecule is COc1ccc(CN(Cc2ccc(OC)cc2OC)C2=N[C@](C)(c3cc(NC(=O)c4ccc(C#N)cn4)ccc3F)C=C(C)O2)c(OC)c1. The van der Waals surface area contributed by atoms with E-state index >= 15 is 4.39 Å². The van der Waals surface area contributed by atoms with Gasteiger partial charge in [-0.15, -0.1) is 0 Å². The van der Waals surface area contributed by atoms with Crippen LogP contribution in [0.5, 0.6) is 23.0 Å². The molecule has 0 saturated carbocycles. The summed E-state index contributed by atoms with van der Waals surface area (Å²) in [4.78, 5) is 23.9. The normalized spacial score (nSPS) is 15.1. The number of carbonyl (C=O) groups is 1. The summed E-state index contributed by atoms with van der Waals surface area (Å²) in [7, 11) is 6.33. The summed E-state index contributed by atoms with van der Waals surface area (Å²) in [6.45, 7) is 4.12. The molecule has 0 spiro atoms. The number of allylic oxidation sites excluding steroid dienone is 1. The first-order valence-electron chi connectivity index (χ1n) is 15.2. The van der Waals surface area contributed by atoms with Gasteiger partial charge in [0.15, 0.2) is 0 Å². The number of pyridine rings is 1. The van der Waals surface area contributed by atoms with Crippen molar-refractivity contribution in [1.29, 1.82) is 5.26 Å². The van der Waals surface area contributed by atoms with E-state index in [2.05, 4.69) is 10.3 Å². The molecule has 0 bridgehead atoms. The minimum absolute atomic E-state index is 0.108. The van der Waals surface area contributed by atoms with Crippen molar-refractivity contribution in [3.8, 4) is 29.1 Å². The number of nitrogens with zero attached hydrogens (tertiary/aromatic N) is 4. The standard InChI is InChI=1S/C37H36FN5O6/c1-23-18-37(2,30-15-27(10-13-31(30)38)41-35(44)32-14-7-24(19-39)20-40-32)42-36(49-23)43(21-25-8-11-28(45-3)16-33(25)47-5)22-26-9-12-29(46-4)17-34(26)48-6/h7-18,20H,21-22H2,1-6H3,(H,41,44)/t37-/m0/s1. The zero-order chi connectivity index (χ0) is 35.1. The Hall–Kier alpha value is -6.09. The number of aromatic nitrogens is 1. The number of nitrogens with one attached hydrogen (secondary N) is 1. The fourth-order valence-electron chi connectivity index (χ4n) is 5.44. The van der Waals surface area contributed by atoms with Gasteiger partial charge in [0, 0.05) is 40.7 Å². The number of amides is 1. The van der Waals surface area contributed by atoms with Gasteiger partial charge in [-0.25, -0.2) is 14.4 Å². The van der Waals surface area contributed by atoms with Crippen LogP contribution in [0.1, 0.15) is 46.6 Å². The monoisotopic (exact) mass is 665 g/mol. The maximum Gasteiger partial charge on any atom is 0.294 e. The molecular formula is C37H36FN5O6. The lowest BCUT2D eigenvalue weighted by molar-refractivity contribution is 0.102. The minimum Gasteiger partial charge on any atom is -0.497 e. The number of benzene rings is 3. The molecule has 2 heterocycles. The zero-order valence-corrected chi connectivity index (χ0v) is 28.0. The summed E-state index contributed by atoms with van der Waals surface area (Å²) < 4.78 is 44.1. The predicted octanol–water partition coefficient (Wildman–Crippen LogP) is 6.59. The van der Waals surface area contributed by atoms with E-state index in [1.165, 1.54) is 36.5 Å². The molecule has 11 nitrogen and oxygen atoms in total. The Labute approximate surface area is 284 Å². The van der Waals surface area contributed by atoms with Crippen molar-refractivity contribution in [3.63, 3.8) is 0 Å². The summed E-state index contributed by atoms with van der Waals surface area (Å²) in [6, 6.07) is 20.5. The molecule has 5 rings (SSSR count). The van der Waals surface area contributed by atoms with Gasteiger partial charge in [-0.05, 0) is 74.5 Å². The minimum atomic E-state index is -1.23. The second-order valence-electron chi connectivity index (χ2n) is 11.3. The summed E-state index contributed by atoms with van der Waals surface area (Å²) in [5.41, 5.74) is 1.40. The van der Waals surface area contributed by atoms with Crippen molar-refractivity contribution in [2.45, 2.75) is 32.5 Å². The lowest BCUT2D eigenvalue weighted by Gasteiger charge is -2.34. The molecule has 0 aliphatic carbocycles. The number of carbonyl (C=O) groups excluding carboxylic acids is 1. The molecule has 1 amide bonds. The molecule has 1 aromatic heterocycles. The zero-order valence-electron chi connectivity index (χ0n) is 28.0. The van der Waals surface area contributed by atoms with E-state index in [1.807, 2.05) is 35.2 Å². The summed E-state index contributed by atoms with van der Waals surface area (Å²) in [5.74, 6) is 1.94. The van der Waals surface area contributed by atoms with Crippen LogP contribution in [0.15, 0.2) is 89.8 Å². The number of nitriles is 1. The van der Waals surface area contributed by atoms with Crippen LogP contribution in [-0.2, 0) is 23.4 Å². The molecule has 49 heavy (non-hydrogen) atoms. The molecule has 12 heteroatoms. The Morgan fingerprint density at radius 3 is 2.08 bits per heavy atom. The largest absolute Gasteiger partial charge is 0.497 e. The van der Waals surface area contributed by atoms with Gasteiger partial charge in [0.05, 0.1) is 47.1 Å². The molecular weight excluding hydrogens is 629 g/mol. The topological polar surface area (TPSA) is 128 Å². The molecule has 0 saturated heterocycles. The molecule has 0 unspecified atom stereocenters. The first-order valence-corrected chi connectivity index (χ1v) is 15.2. The Kier molecular flexibility index (Phi) is 10.3. The molecule has 0 radical (unpaired) electrons. The lowest BCUT2D eigenvalue weighted by Crippen LogP contribution is -2.37. The molecule has 252 valence electrons. The highest BCUT2D eigenvalue weighted by molar-refractivity contribution is 6.02. The second kappa shape index (κ2) is 14.8. The second-order valence-corrected chi connectivity index (χ2v) is 11.3. The van der Waals surface area contributed by atoms with Crippen LogP contribution >= 0.6 is 0 Å². The van der Waals surface area contributed by atoms with Gasteiger partial charge in [-0.1, -0.05) is 0 Å². The Balaban J connectivity index is 1.54. The molecule has 1 atom stereocenters. The number of methoxy groups -OCH3 is 4. The van der Waals surface area contributed by atoms with Crippen molar-refractivity contribution in [2.75, 3.05) is 33.8 Å². The number of halogens is 1. The van der Waals surface area contributed by atoms with E-state index in [1.54, 1.807) is 60.5 Å². The van der Waals surface area contributed by atoms with Gasteiger partial charge in [0.25, 0.3) is 11.9 Å². The average Bonchev–Trinajstić information content (AvgIpc) is 3.11. The quantitative estimate of drug-likeness (QED) is 0.189. The smallest absolute Gasteiger partial charge is 0.294 e. The van der Waals surface area contributed by atoms with Gasteiger partial charge < -0.3 is 33.9 Å². The van der Waals surface area contributed by atoms with Crippen LogP contribution in [0.4, 0.5) is 10.1 Å². The van der Waals surface area contributed by atoms with Gasteiger partial charge in [-0.2, -0.15) is 5.26 Å². The number of hydrogen-bond donors (Lipinski definition) is 1. The molecule has 1 aliphatic rings. The lowest BCUT2D eigenvalue weighted by atomic mass is 9.90. The fourth-order valence-corrected chi connectivity index (χ4v) is 5.44. The van der Waals surface area contributed by atoms with Crippen LogP contribution < -0.4 is 24.3 Å². The Morgan fingerprint density at radius 1 is 0.918 bits per heavy atom. The first kappa shape index (κ1) is 34.3. The highest BCUT2D eigenvalue weighted by Crippen LogP contribution is 2.37. The third-order valence-corrected chi connectivity index (χ3v) is 7.94. The summed E-state index contributed by atoms with van der Waals surface area (Å²) in [6.07, 6.45) is 3.04. The molecule has 1 N–H and O–H groups in total. The highest BCUT2D eigenvalue weighted by atomic mass is 19.1. The highest BCUT2D eigenvalue weighted by Gasteiger charge is 2.34. The van der Waals surface area contributed by atoms with Crippen LogP contribution in [0, 0.1) is 17.1 Å². The summed E-state index contributed by atoms with van der Waals surface area (Å²) in [5, 5.41) is 11.8. The van der Waals surface area contributed by atoms with Crippen molar-refractivity contribution in [3.05, 3.63) is 119 Å². The van der Waals surface area contributed by atoms with E-state index < -0.39 is 17.3 Å². The number of hydrogen-bond acceptors (Lipinski definition) is 10. The number of aliphatic imine (C=N–C) groups is 1. The van der Waals surface area contributed by atoms with Gasteiger partial charge in [-0.3, -0.25) is 4.79 Å². The maximum absolute atomic E-state index is 15.7. The van der Waals surface area contributed by atoms with Gasteiger partial charge >= 0.3 is 0 Å².